The first kappa shape index (κ1) is 19.4. The molecule has 1 aliphatic rings. The Morgan fingerprint density at radius 3 is 2.30 bits per heavy atom. The molecule has 0 amide bonds. The average molecular weight is 393 g/mol. The first-order valence-corrected chi connectivity index (χ1v) is 10.2. The second-order valence-electron chi connectivity index (χ2n) is 6.26. The Bertz CT molecular complexity index is 853. The third-order valence-electron chi connectivity index (χ3n) is 4.48. The van der Waals surface area contributed by atoms with Gasteiger partial charge in [-0.3, -0.25) is 0 Å². The number of rotatable bonds is 7. The van der Waals surface area contributed by atoms with E-state index < -0.39 is 10.0 Å². The van der Waals surface area contributed by atoms with Gasteiger partial charge < -0.3 is 14.2 Å². The summed E-state index contributed by atoms with van der Waals surface area (Å²) in [6, 6.07) is 6.49. The second kappa shape index (κ2) is 8.53. The quantitative estimate of drug-likeness (QED) is 0.769. The lowest BCUT2D eigenvalue weighted by molar-refractivity contribution is 0.132. The first-order chi connectivity index (χ1) is 13.0. The lowest BCUT2D eigenvalue weighted by Crippen LogP contribution is -2.39. The molecule has 0 radical (unpaired) electrons. The Balaban J connectivity index is 1.59. The van der Waals surface area contributed by atoms with Crippen molar-refractivity contribution in [2.75, 3.05) is 14.2 Å². The number of hydrogen-bond acceptors (Lipinski definition) is 7. The van der Waals surface area contributed by atoms with Gasteiger partial charge in [0.25, 0.3) is 0 Å². The van der Waals surface area contributed by atoms with E-state index in [2.05, 4.69) is 14.7 Å². The van der Waals surface area contributed by atoms with Crippen molar-refractivity contribution in [3.05, 3.63) is 36.7 Å². The molecule has 0 bridgehead atoms. The van der Waals surface area contributed by atoms with Crippen LogP contribution in [-0.4, -0.2) is 44.8 Å². The maximum absolute atomic E-state index is 12.7. The van der Waals surface area contributed by atoms with Crippen LogP contribution in [0.25, 0.3) is 0 Å². The van der Waals surface area contributed by atoms with E-state index in [0.717, 1.165) is 12.8 Å². The van der Waals surface area contributed by atoms with Crippen molar-refractivity contribution >= 4 is 10.0 Å². The highest BCUT2D eigenvalue weighted by Gasteiger charge is 2.27. The average Bonchev–Trinajstić information content (AvgIpc) is 2.69. The third-order valence-corrected chi connectivity index (χ3v) is 5.99. The maximum Gasteiger partial charge on any atom is 0.316 e. The minimum absolute atomic E-state index is 0.00534. The van der Waals surface area contributed by atoms with Gasteiger partial charge in [-0.25, -0.2) is 23.1 Å². The molecular formula is C18H23N3O5S. The topological polar surface area (TPSA) is 99.6 Å². The number of benzene rings is 1. The minimum Gasteiger partial charge on any atom is -0.493 e. The number of aromatic nitrogens is 2. The third kappa shape index (κ3) is 4.86. The maximum atomic E-state index is 12.7. The van der Waals surface area contributed by atoms with E-state index in [1.165, 1.54) is 26.4 Å². The van der Waals surface area contributed by atoms with E-state index in [1.807, 2.05) is 0 Å². The molecule has 1 saturated carbocycles. The molecule has 0 unspecified atom stereocenters. The van der Waals surface area contributed by atoms with Gasteiger partial charge in [0.2, 0.25) is 10.0 Å². The molecule has 8 nitrogen and oxygen atoms in total. The van der Waals surface area contributed by atoms with Crippen LogP contribution in [-0.2, 0) is 10.0 Å². The summed E-state index contributed by atoms with van der Waals surface area (Å²) >= 11 is 0. The van der Waals surface area contributed by atoms with Crippen LogP contribution in [0.5, 0.6) is 17.5 Å². The van der Waals surface area contributed by atoms with Crippen molar-refractivity contribution in [2.45, 2.75) is 42.7 Å². The van der Waals surface area contributed by atoms with Gasteiger partial charge in [0.15, 0.2) is 11.5 Å². The molecule has 1 aromatic heterocycles. The van der Waals surface area contributed by atoms with E-state index in [0.29, 0.717) is 30.4 Å². The molecule has 0 atom stereocenters. The number of ether oxygens (including phenoxy) is 3. The van der Waals surface area contributed by atoms with Crippen LogP contribution in [0.4, 0.5) is 0 Å². The molecule has 27 heavy (non-hydrogen) atoms. The van der Waals surface area contributed by atoms with Gasteiger partial charge >= 0.3 is 6.01 Å². The fourth-order valence-electron chi connectivity index (χ4n) is 3.07. The fourth-order valence-corrected chi connectivity index (χ4v) is 4.39. The summed E-state index contributed by atoms with van der Waals surface area (Å²) in [5.41, 5.74) is 0. The summed E-state index contributed by atoms with van der Waals surface area (Å²) in [5.74, 6) is 0.859. The Labute approximate surface area is 158 Å². The van der Waals surface area contributed by atoms with Crippen LogP contribution in [0.3, 0.4) is 0 Å². The van der Waals surface area contributed by atoms with Crippen molar-refractivity contribution in [3.63, 3.8) is 0 Å². The highest BCUT2D eigenvalue weighted by molar-refractivity contribution is 7.89. The lowest BCUT2D eigenvalue weighted by Gasteiger charge is -2.28. The molecule has 0 aliphatic heterocycles. The van der Waals surface area contributed by atoms with Gasteiger partial charge in [-0.2, -0.15) is 0 Å². The van der Waals surface area contributed by atoms with Gasteiger partial charge in [0, 0.05) is 24.5 Å². The number of methoxy groups -OCH3 is 2. The number of hydrogen-bond donors (Lipinski definition) is 1. The first-order valence-electron chi connectivity index (χ1n) is 8.70. The standard InChI is InChI=1S/C18H23N3O5S/c1-24-16-9-8-15(12-17(16)25-2)27(22,23)21-13-4-6-14(7-5-13)26-18-19-10-3-11-20-18/h3,8-14,21H,4-7H2,1-2H3. The molecule has 1 heterocycles. The molecule has 0 saturated heterocycles. The van der Waals surface area contributed by atoms with Gasteiger partial charge in [-0.05, 0) is 43.9 Å². The number of nitrogens with zero attached hydrogens (tertiary/aromatic N) is 2. The Morgan fingerprint density at radius 2 is 1.67 bits per heavy atom. The number of sulfonamides is 1. The highest BCUT2D eigenvalue weighted by atomic mass is 32.2. The summed E-state index contributed by atoms with van der Waals surface area (Å²) in [4.78, 5) is 8.26. The highest BCUT2D eigenvalue weighted by Crippen LogP contribution is 2.30. The van der Waals surface area contributed by atoms with Crippen LogP contribution in [0.2, 0.25) is 0 Å². The predicted octanol–water partition coefficient (Wildman–Crippen LogP) is 2.16. The summed E-state index contributed by atoms with van der Waals surface area (Å²) < 4.78 is 44.2. The van der Waals surface area contributed by atoms with E-state index >= 15 is 0 Å². The Morgan fingerprint density at radius 1 is 1.00 bits per heavy atom. The van der Waals surface area contributed by atoms with Crippen molar-refractivity contribution in [1.82, 2.24) is 14.7 Å². The Kier molecular flexibility index (Phi) is 6.12. The normalized spacial score (nSPS) is 20.1. The molecule has 9 heteroatoms. The zero-order valence-corrected chi connectivity index (χ0v) is 16.1. The molecule has 1 aromatic carbocycles. The van der Waals surface area contributed by atoms with Crippen LogP contribution >= 0.6 is 0 Å². The molecule has 3 rings (SSSR count). The van der Waals surface area contributed by atoms with Gasteiger partial charge in [0.05, 0.1) is 19.1 Å². The summed E-state index contributed by atoms with van der Waals surface area (Å²) in [5, 5.41) is 0. The molecular weight excluding hydrogens is 370 g/mol. The van der Waals surface area contributed by atoms with Crippen LogP contribution in [0.15, 0.2) is 41.6 Å². The molecule has 1 fully saturated rings. The second-order valence-corrected chi connectivity index (χ2v) is 7.97. The van der Waals surface area contributed by atoms with Gasteiger partial charge in [-0.15, -0.1) is 0 Å². The van der Waals surface area contributed by atoms with Crippen LogP contribution in [0.1, 0.15) is 25.7 Å². The zero-order valence-electron chi connectivity index (χ0n) is 15.3. The molecule has 146 valence electrons. The largest absolute Gasteiger partial charge is 0.493 e. The monoisotopic (exact) mass is 393 g/mol. The zero-order chi connectivity index (χ0) is 19.3. The summed E-state index contributed by atoms with van der Waals surface area (Å²) in [6.07, 6.45) is 6.09. The predicted molar refractivity (Wildman–Crippen MR) is 98.6 cm³/mol. The molecule has 2 aromatic rings. The van der Waals surface area contributed by atoms with Gasteiger partial charge in [-0.1, -0.05) is 0 Å². The van der Waals surface area contributed by atoms with Crippen LogP contribution < -0.4 is 18.9 Å². The van der Waals surface area contributed by atoms with Crippen molar-refractivity contribution in [3.8, 4) is 17.5 Å². The SMILES string of the molecule is COc1ccc(S(=O)(=O)NC2CCC(Oc3ncccn3)CC2)cc1OC. The van der Waals surface area contributed by atoms with Crippen molar-refractivity contribution < 1.29 is 22.6 Å². The van der Waals surface area contributed by atoms with E-state index in [9.17, 15) is 8.42 Å². The van der Waals surface area contributed by atoms with Gasteiger partial charge in [0.1, 0.15) is 6.10 Å². The fraction of sp³-hybridized carbons (Fsp3) is 0.444. The van der Waals surface area contributed by atoms with Crippen LogP contribution in [0, 0.1) is 0 Å². The summed E-state index contributed by atoms with van der Waals surface area (Å²) in [6.45, 7) is 0. The molecule has 0 spiro atoms. The Hall–Kier alpha value is -2.39. The minimum atomic E-state index is -3.64. The summed E-state index contributed by atoms with van der Waals surface area (Å²) in [7, 11) is -0.668. The number of nitrogens with one attached hydrogen (secondary N) is 1. The molecule has 1 aliphatic carbocycles. The lowest BCUT2D eigenvalue weighted by atomic mass is 9.94. The van der Waals surface area contributed by atoms with E-state index in [1.54, 1.807) is 24.5 Å². The van der Waals surface area contributed by atoms with E-state index in [-0.39, 0.29) is 17.0 Å². The van der Waals surface area contributed by atoms with E-state index in [4.69, 9.17) is 14.2 Å². The van der Waals surface area contributed by atoms with Crippen molar-refractivity contribution in [2.24, 2.45) is 0 Å². The molecule has 1 N–H and O–H groups in total. The smallest absolute Gasteiger partial charge is 0.316 e. The van der Waals surface area contributed by atoms with Crippen molar-refractivity contribution in [1.29, 1.82) is 0 Å².